The van der Waals surface area contributed by atoms with Crippen LogP contribution in [-0.2, 0) is 6.54 Å². The Morgan fingerprint density at radius 1 is 1.06 bits per heavy atom. The monoisotopic (exact) mass is 441 g/mol. The quantitative estimate of drug-likeness (QED) is 0.380. The molecule has 0 aliphatic carbocycles. The van der Waals surface area contributed by atoms with Gasteiger partial charge in [-0.3, -0.25) is 19.5 Å². The maximum Gasteiger partial charge on any atom is 0.296 e. The molecule has 1 amide bonds. The molecule has 158 valence electrons. The number of hydrogen-bond donors (Lipinski definition) is 0. The number of rotatable bonds is 4. The third kappa shape index (κ3) is 3.67. The van der Waals surface area contributed by atoms with Crippen LogP contribution in [0.15, 0.2) is 76.1 Å². The van der Waals surface area contributed by atoms with Crippen molar-refractivity contribution in [2.45, 2.75) is 20.4 Å². The minimum atomic E-state index is -0.438. The second kappa shape index (κ2) is 8.01. The van der Waals surface area contributed by atoms with Gasteiger partial charge < -0.3 is 4.42 Å². The van der Waals surface area contributed by atoms with Crippen molar-refractivity contribution >= 4 is 43.6 Å². The van der Waals surface area contributed by atoms with Crippen LogP contribution in [-0.4, -0.2) is 15.9 Å². The highest BCUT2D eigenvalue weighted by molar-refractivity contribution is 7.22. The van der Waals surface area contributed by atoms with E-state index in [9.17, 15) is 9.59 Å². The summed E-state index contributed by atoms with van der Waals surface area (Å²) in [5.74, 6) is -0.469. The second-order valence-electron chi connectivity index (χ2n) is 7.61. The molecule has 3 aromatic heterocycles. The number of carbonyl (C=O) groups excluding carboxylic acids is 1. The maximum atomic E-state index is 13.6. The average molecular weight is 442 g/mol. The Hall–Kier alpha value is -3.84. The van der Waals surface area contributed by atoms with Gasteiger partial charge in [-0.2, -0.15) is 0 Å². The Balaban J connectivity index is 1.64. The van der Waals surface area contributed by atoms with Crippen LogP contribution in [0.25, 0.3) is 21.2 Å². The third-order valence-electron chi connectivity index (χ3n) is 5.18. The molecule has 5 aromatic rings. The van der Waals surface area contributed by atoms with E-state index in [0.29, 0.717) is 21.8 Å². The fourth-order valence-electron chi connectivity index (χ4n) is 3.70. The first kappa shape index (κ1) is 20.1. The van der Waals surface area contributed by atoms with Crippen molar-refractivity contribution in [1.82, 2.24) is 9.97 Å². The molecule has 5 rings (SSSR count). The first-order valence-corrected chi connectivity index (χ1v) is 10.9. The van der Waals surface area contributed by atoms with Gasteiger partial charge in [0, 0.05) is 12.3 Å². The van der Waals surface area contributed by atoms with E-state index >= 15 is 0 Å². The van der Waals surface area contributed by atoms with E-state index in [2.05, 4.69) is 11.1 Å². The lowest BCUT2D eigenvalue weighted by Gasteiger charge is -2.19. The van der Waals surface area contributed by atoms with E-state index < -0.39 is 5.91 Å². The van der Waals surface area contributed by atoms with Crippen molar-refractivity contribution in [3.05, 3.63) is 99.7 Å². The van der Waals surface area contributed by atoms with Gasteiger partial charge in [-0.15, -0.1) is 0 Å². The van der Waals surface area contributed by atoms with Gasteiger partial charge in [0.2, 0.25) is 0 Å². The summed E-state index contributed by atoms with van der Waals surface area (Å²) in [6.45, 7) is 4.25. The first-order valence-electron chi connectivity index (χ1n) is 10.1. The number of nitrogens with zero attached hydrogens (tertiary/aromatic N) is 3. The highest BCUT2D eigenvalue weighted by atomic mass is 32.1. The van der Waals surface area contributed by atoms with Gasteiger partial charge in [-0.1, -0.05) is 35.6 Å². The minimum Gasteiger partial charge on any atom is -0.451 e. The number of thiazole rings is 1. The van der Waals surface area contributed by atoms with Crippen molar-refractivity contribution in [3.8, 4) is 0 Å². The van der Waals surface area contributed by atoms with Crippen LogP contribution < -0.4 is 10.3 Å². The van der Waals surface area contributed by atoms with E-state index in [1.807, 2.05) is 38.1 Å². The second-order valence-corrected chi connectivity index (χ2v) is 8.59. The molecule has 6 nitrogen and oxygen atoms in total. The number of anilines is 1. The lowest BCUT2D eigenvalue weighted by molar-refractivity contribution is 0.0958. The Morgan fingerprint density at radius 2 is 1.88 bits per heavy atom. The van der Waals surface area contributed by atoms with E-state index in [-0.39, 0.29) is 17.7 Å². The zero-order valence-corrected chi connectivity index (χ0v) is 18.3. The van der Waals surface area contributed by atoms with Crippen LogP contribution in [0.2, 0.25) is 0 Å². The van der Waals surface area contributed by atoms with Gasteiger partial charge in [-0.25, -0.2) is 4.98 Å². The van der Waals surface area contributed by atoms with Crippen molar-refractivity contribution in [2.24, 2.45) is 0 Å². The van der Waals surface area contributed by atoms with Gasteiger partial charge in [0.05, 0.1) is 27.8 Å². The highest BCUT2D eigenvalue weighted by Crippen LogP contribution is 2.33. The molecule has 0 bridgehead atoms. The number of hydrogen-bond acceptors (Lipinski definition) is 6. The molecule has 0 fully saturated rings. The zero-order chi connectivity index (χ0) is 22.2. The molecule has 0 saturated carbocycles. The molecule has 2 aromatic carbocycles. The molecule has 0 spiro atoms. The number of amides is 1. The Kier molecular flexibility index (Phi) is 5.03. The molecule has 0 aliphatic rings. The standard InChI is InChI=1S/C25H19N3O3S/c1-15-11-16(2)23-19(12-15)27-25(32-23)28(14-17-7-5-6-10-26-17)24(30)22-13-20(29)18-8-3-4-9-21(18)31-22/h3-13H,14H2,1-2H3. The Bertz CT molecular complexity index is 1520. The van der Waals surface area contributed by atoms with Crippen molar-refractivity contribution < 1.29 is 9.21 Å². The summed E-state index contributed by atoms with van der Waals surface area (Å²) in [5.41, 5.74) is 3.86. The molecular weight excluding hydrogens is 422 g/mol. The smallest absolute Gasteiger partial charge is 0.296 e. The molecule has 0 radical (unpaired) electrons. The van der Waals surface area contributed by atoms with E-state index in [1.165, 1.54) is 22.3 Å². The summed E-state index contributed by atoms with van der Waals surface area (Å²) in [4.78, 5) is 36.8. The fraction of sp³-hybridized carbons (Fsp3) is 0.120. The number of para-hydroxylation sites is 1. The molecule has 7 heteroatoms. The summed E-state index contributed by atoms with van der Waals surface area (Å²) in [6, 6.07) is 17.8. The van der Waals surface area contributed by atoms with Crippen LogP contribution in [0, 0.1) is 13.8 Å². The molecule has 32 heavy (non-hydrogen) atoms. The van der Waals surface area contributed by atoms with E-state index in [4.69, 9.17) is 9.40 Å². The highest BCUT2D eigenvalue weighted by Gasteiger charge is 2.25. The molecule has 0 N–H and O–H groups in total. The van der Waals surface area contributed by atoms with Crippen LogP contribution in [0.1, 0.15) is 27.4 Å². The molecule has 0 saturated heterocycles. The van der Waals surface area contributed by atoms with Gasteiger partial charge in [0.1, 0.15) is 5.58 Å². The number of aromatic nitrogens is 2. The largest absolute Gasteiger partial charge is 0.451 e. The van der Waals surface area contributed by atoms with Gasteiger partial charge in [0.15, 0.2) is 16.3 Å². The van der Waals surface area contributed by atoms with Crippen LogP contribution in [0.4, 0.5) is 5.13 Å². The van der Waals surface area contributed by atoms with Crippen molar-refractivity contribution in [2.75, 3.05) is 4.90 Å². The lowest BCUT2D eigenvalue weighted by Crippen LogP contribution is -2.31. The lowest BCUT2D eigenvalue weighted by atomic mass is 10.1. The SMILES string of the molecule is Cc1cc(C)c2sc(N(Cc3ccccn3)C(=O)c3cc(=O)c4ccccc4o3)nc2c1. The summed E-state index contributed by atoms with van der Waals surface area (Å²) in [5, 5.41) is 0.964. The Morgan fingerprint density at radius 3 is 2.69 bits per heavy atom. The van der Waals surface area contributed by atoms with Crippen LogP contribution in [0.3, 0.4) is 0 Å². The molecule has 3 heterocycles. The van der Waals surface area contributed by atoms with Crippen LogP contribution in [0.5, 0.6) is 0 Å². The zero-order valence-electron chi connectivity index (χ0n) is 17.5. The molecule has 0 unspecified atom stereocenters. The fourth-order valence-corrected chi connectivity index (χ4v) is 4.72. The van der Waals surface area contributed by atoms with Gasteiger partial charge >= 0.3 is 0 Å². The number of pyridine rings is 1. The maximum absolute atomic E-state index is 13.6. The summed E-state index contributed by atoms with van der Waals surface area (Å²) in [7, 11) is 0. The van der Waals surface area contributed by atoms with E-state index in [0.717, 1.165) is 21.3 Å². The summed E-state index contributed by atoms with van der Waals surface area (Å²) in [6.07, 6.45) is 1.68. The predicted octanol–water partition coefficient (Wildman–Crippen LogP) is 5.26. The number of benzene rings is 2. The van der Waals surface area contributed by atoms with Crippen LogP contribution >= 0.6 is 11.3 Å². The molecule has 0 atom stereocenters. The number of fused-ring (bicyclic) bond motifs is 2. The van der Waals surface area contributed by atoms with Crippen molar-refractivity contribution in [3.63, 3.8) is 0 Å². The number of aryl methyl sites for hydroxylation is 2. The van der Waals surface area contributed by atoms with Gasteiger partial charge in [-0.05, 0) is 55.3 Å². The minimum absolute atomic E-state index is 0.0308. The normalized spacial score (nSPS) is 11.2. The molecular formula is C25H19N3O3S. The Labute approximate surface area is 187 Å². The van der Waals surface area contributed by atoms with E-state index in [1.54, 1.807) is 30.5 Å². The third-order valence-corrected chi connectivity index (χ3v) is 6.41. The van der Waals surface area contributed by atoms with Gasteiger partial charge in [0.25, 0.3) is 5.91 Å². The summed E-state index contributed by atoms with van der Waals surface area (Å²) < 4.78 is 6.84. The molecule has 0 aliphatic heterocycles. The number of carbonyl (C=O) groups is 1. The first-order chi connectivity index (χ1) is 15.5. The topological polar surface area (TPSA) is 76.3 Å². The summed E-state index contributed by atoms with van der Waals surface area (Å²) >= 11 is 1.44. The average Bonchev–Trinajstić information content (AvgIpc) is 3.22. The predicted molar refractivity (Wildman–Crippen MR) is 126 cm³/mol. The van der Waals surface area contributed by atoms with Crippen molar-refractivity contribution in [1.29, 1.82) is 0 Å².